The second-order valence-electron chi connectivity index (χ2n) is 7.28. The predicted molar refractivity (Wildman–Crippen MR) is 86.3 cm³/mol. The van der Waals surface area contributed by atoms with Crippen molar-refractivity contribution in [1.29, 1.82) is 0 Å². The van der Waals surface area contributed by atoms with Crippen molar-refractivity contribution < 1.29 is 33.4 Å². The molecule has 0 heterocycles. The van der Waals surface area contributed by atoms with Crippen molar-refractivity contribution in [2.45, 2.75) is 52.6 Å². The van der Waals surface area contributed by atoms with Gasteiger partial charge in [0.25, 0.3) is 0 Å². The van der Waals surface area contributed by atoms with Crippen molar-refractivity contribution in [3.8, 4) is 0 Å². The smallest absolute Gasteiger partial charge is 0.323 e. The van der Waals surface area contributed by atoms with Crippen LogP contribution in [0.5, 0.6) is 0 Å². The molecule has 7 heteroatoms. The van der Waals surface area contributed by atoms with Gasteiger partial charge in [0.2, 0.25) is 0 Å². The number of rotatable bonds is 3. The number of methoxy groups -OCH3 is 2. The molecule has 0 aliphatic heterocycles. The Bertz CT molecular complexity index is 674. The number of fused-ring (bicyclic) bond motifs is 1. The summed E-state index contributed by atoms with van der Waals surface area (Å²) in [6.07, 6.45) is 0.0626. The zero-order valence-electron chi connectivity index (χ0n) is 15.5. The van der Waals surface area contributed by atoms with Crippen molar-refractivity contribution in [1.82, 2.24) is 0 Å². The summed E-state index contributed by atoms with van der Waals surface area (Å²) in [7, 11) is 2.37. The summed E-state index contributed by atoms with van der Waals surface area (Å²) in [4.78, 5) is 49.3. The Morgan fingerprint density at radius 3 is 1.96 bits per heavy atom. The summed E-state index contributed by atoms with van der Waals surface area (Å²) in [6, 6.07) is 0. The molecule has 0 amide bonds. The van der Waals surface area contributed by atoms with E-state index in [9.17, 15) is 19.2 Å². The zero-order valence-corrected chi connectivity index (χ0v) is 15.5. The van der Waals surface area contributed by atoms with E-state index in [1.54, 1.807) is 13.8 Å². The molecular formula is C18H24O7. The number of ketones is 1. The van der Waals surface area contributed by atoms with Gasteiger partial charge in [-0.1, -0.05) is 12.5 Å². The molecule has 0 aromatic rings. The quantitative estimate of drug-likeness (QED) is 0.433. The van der Waals surface area contributed by atoms with Crippen molar-refractivity contribution >= 4 is 23.7 Å². The molecule has 138 valence electrons. The van der Waals surface area contributed by atoms with Gasteiger partial charge in [-0.15, -0.1) is 0 Å². The van der Waals surface area contributed by atoms with Crippen LogP contribution in [0.3, 0.4) is 0 Å². The van der Waals surface area contributed by atoms with E-state index in [-0.39, 0.29) is 25.0 Å². The first kappa shape index (κ1) is 19.1. The molecule has 0 radical (unpaired) electrons. The molecule has 0 bridgehead atoms. The largest absolute Gasteiger partial charge is 0.468 e. The summed E-state index contributed by atoms with van der Waals surface area (Å²) in [5.74, 6) is -2.16. The molecule has 0 N–H and O–H groups in total. The van der Waals surface area contributed by atoms with Crippen LogP contribution in [-0.2, 0) is 33.4 Å². The summed E-state index contributed by atoms with van der Waals surface area (Å²) in [5, 5.41) is 0. The second-order valence-corrected chi connectivity index (χ2v) is 7.28. The summed E-state index contributed by atoms with van der Waals surface area (Å²) < 4.78 is 15.3. The number of hydrogen-bond donors (Lipinski definition) is 0. The molecule has 0 spiro atoms. The van der Waals surface area contributed by atoms with E-state index in [4.69, 9.17) is 14.2 Å². The summed E-state index contributed by atoms with van der Waals surface area (Å²) in [6.45, 7) is 6.41. The summed E-state index contributed by atoms with van der Waals surface area (Å²) >= 11 is 0. The third kappa shape index (κ3) is 2.56. The molecule has 1 saturated carbocycles. The lowest BCUT2D eigenvalue weighted by molar-refractivity contribution is -0.195. The van der Waals surface area contributed by atoms with Gasteiger partial charge < -0.3 is 14.2 Å². The van der Waals surface area contributed by atoms with Gasteiger partial charge in [-0.05, 0) is 25.8 Å². The average molecular weight is 352 g/mol. The maximum atomic E-state index is 12.6. The molecule has 2 atom stereocenters. The molecule has 25 heavy (non-hydrogen) atoms. The third-order valence-electron chi connectivity index (χ3n) is 5.86. The van der Waals surface area contributed by atoms with Crippen LogP contribution in [0.25, 0.3) is 0 Å². The van der Waals surface area contributed by atoms with E-state index in [0.717, 1.165) is 0 Å². The van der Waals surface area contributed by atoms with Crippen LogP contribution in [0.15, 0.2) is 11.1 Å². The highest BCUT2D eigenvalue weighted by molar-refractivity contribution is 6.04. The molecule has 7 nitrogen and oxygen atoms in total. The van der Waals surface area contributed by atoms with E-state index in [1.165, 1.54) is 21.1 Å². The molecule has 0 aromatic carbocycles. The van der Waals surface area contributed by atoms with E-state index in [1.807, 2.05) is 6.92 Å². The standard InChI is InChI=1S/C18H24O7/c1-10-12-7-18(14(21)23-5,15(22)24-6)9-17(4,25-11(2)19)16(12,3)8-13(10)20/h7-9H2,1-6H3/t16-,17-/m0/s1. The Kier molecular flexibility index (Phi) is 4.57. The van der Waals surface area contributed by atoms with E-state index >= 15 is 0 Å². The lowest BCUT2D eigenvalue weighted by Gasteiger charge is -2.52. The first-order valence-corrected chi connectivity index (χ1v) is 8.07. The zero-order chi connectivity index (χ0) is 19.2. The van der Waals surface area contributed by atoms with E-state index in [0.29, 0.717) is 11.1 Å². The minimum absolute atomic E-state index is 0.0112. The van der Waals surface area contributed by atoms with Gasteiger partial charge in [-0.3, -0.25) is 19.2 Å². The molecule has 2 rings (SSSR count). The predicted octanol–water partition coefficient (Wildman–Crippen LogP) is 1.73. The van der Waals surface area contributed by atoms with Crippen molar-refractivity contribution in [3.63, 3.8) is 0 Å². The van der Waals surface area contributed by atoms with Crippen LogP contribution in [0.1, 0.15) is 47.0 Å². The van der Waals surface area contributed by atoms with Crippen LogP contribution < -0.4 is 0 Å². The Labute approximate surface area is 146 Å². The molecule has 2 aliphatic carbocycles. The van der Waals surface area contributed by atoms with E-state index in [2.05, 4.69) is 0 Å². The molecule has 0 aromatic heterocycles. The number of ether oxygens (including phenoxy) is 3. The fourth-order valence-electron chi connectivity index (χ4n) is 4.34. The first-order chi connectivity index (χ1) is 11.5. The number of esters is 3. The molecule has 2 aliphatic rings. The highest BCUT2D eigenvalue weighted by atomic mass is 16.6. The van der Waals surface area contributed by atoms with Gasteiger partial charge in [0.15, 0.2) is 11.2 Å². The van der Waals surface area contributed by atoms with Gasteiger partial charge in [0.05, 0.1) is 14.2 Å². The number of carbonyl (C=O) groups excluding carboxylic acids is 4. The molecule has 0 saturated heterocycles. The van der Waals surface area contributed by atoms with Crippen LogP contribution in [0.4, 0.5) is 0 Å². The summed E-state index contributed by atoms with van der Waals surface area (Å²) in [5.41, 5.74) is -2.54. The topological polar surface area (TPSA) is 96.0 Å². The van der Waals surface area contributed by atoms with Crippen molar-refractivity contribution in [3.05, 3.63) is 11.1 Å². The first-order valence-electron chi connectivity index (χ1n) is 8.07. The maximum Gasteiger partial charge on any atom is 0.323 e. The normalized spacial score (nSPS) is 30.6. The highest BCUT2D eigenvalue weighted by Crippen LogP contribution is 2.61. The van der Waals surface area contributed by atoms with Gasteiger partial charge in [0, 0.05) is 25.2 Å². The van der Waals surface area contributed by atoms with Crippen molar-refractivity contribution in [2.75, 3.05) is 14.2 Å². The highest BCUT2D eigenvalue weighted by Gasteiger charge is 2.67. The van der Waals surface area contributed by atoms with Crippen LogP contribution in [-0.4, -0.2) is 43.5 Å². The maximum absolute atomic E-state index is 12.6. The number of hydrogen-bond acceptors (Lipinski definition) is 7. The van der Waals surface area contributed by atoms with Crippen LogP contribution >= 0.6 is 0 Å². The Morgan fingerprint density at radius 1 is 1.00 bits per heavy atom. The number of allylic oxidation sites excluding steroid dienone is 1. The minimum Gasteiger partial charge on any atom is -0.468 e. The molecular weight excluding hydrogens is 328 g/mol. The number of carbonyl (C=O) groups is 4. The Morgan fingerprint density at radius 2 is 1.52 bits per heavy atom. The Balaban J connectivity index is 2.73. The second kappa shape index (κ2) is 5.97. The molecule has 1 fully saturated rings. The van der Waals surface area contributed by atoms with Crippen molar-refractivity contribution in [2.24, 2.45) is 10.8 Å². The lowest BCUT2D eigenvalue weighted by atomic mass is 9.54. The lowest BCUT2D eigenvalue weighted by Crippen LogP contribution is -2.59. The van der Waals surface area contributed by atoms with Gasteiger partial charge >= 0.3 is 17.9 Å². The molecule has 0 unspecified atom stereocenters. The third-order valence-corrected chi connectivity index (χ3v) is 5.86. The average Bonchev–Trinajstić information content (AvgIpc) is 2.76. The minimum atomic E-state index is -1.66. The van der Waals surface area contributed by atoms with Crippen LogP contribution in [0, 0.1) is 10.8 Å². The van der Waals surface area contributed by atoms with Crippen LogP contribution in [0.2, 0.25) is 0 Å². The fraction of sp³-hybridized carbons (Fsp3) is 0.667. The van der Waals surface area contributed by atoms with Gasteiger partial charge in [0.1, 0.15) is 5.60 Å². The fourth-order valence-corrected chi connectivity index (χ4v) is 4.34. The SMILES string of the molecule is COC(=O)C1(C(=O)OC)CC2=C(C)C(=O)C[C@]2(C)[C@@](C)(OC(C)=O)C1. The van der Waals surface area contributed by atoms with E-state index < -0.39 is 34.3 Å². The van der Waals surface area contributed by atoms with Gasteiger partial charge in [-0.2, -0.15) is 0 Å². The monoisotopic (exact) mass is 352 g/mol. The number of Topliss-reactive ketones (excluding diaryl/α,β-unsaturated/α-hetero) is 1. The Hall–Kier alpha value is -2.18. The van der Waals surface area contributed by atoms with Gasteiger partial charge in [-0.25, -0.2) is 0 Å².